The molecule has 1 fully saturated rings. The standard InChI is InChI=1S/C23H23FN4O2/c1-15-20(13-16-7-8-17(24)14-21(16)25-15)22(29)28-11-9-19(10-12-28)27-23(30)26-18-5-3-2-4-6-18/h2-8,13-14,19H,9-12H2,1H3,(H2,26,27,30). The van der Waals surface area contributed by atoms with Crippen LogP contribution in [0.3, 0.4) is 0 Å². The molecule has 1 saturated heterocycles. The van der Waals surface area contributed by atoms with Gasteiger partial charge in [-0.15, -0.1) is 0 Å². The molecule has 1 aliphatic rings. The van der Waals surface area contributed by atoms with Gasteiger partial charge in [0.2, 0.25) is 0 Å². The quantitative estimate of drug-likeness (QED) is 0.687. The number of para-hydroxylation sites is 1. The number of fused-ring (bicyclic) bond motifs is 1. The fourth-order valence-corrected chi connectivity index (χ4v) is 3.72. The normalized spacial score (nSPS) is 14.5. The van der Waals surface area contributed by atoms with Crippen molar-refractivity contribution >= 4 is 28.5 Å². The van der Waals surface area contributed by atoms with Crippen molar-refractivity contribution in [1.82, 2.24) is 15.2 Å². The third-order valence-electron chi connectivity index (χ3n) is 5.35. The number of nitrogens with zero attached hydrogens (tertiary/aromatic N) is 2. The lowest BCUT2D eigenvalue weighted by atomic mass is 10.0. The summed E-state index contributed by atoms with van der Waals surface area (Å²) >= 11 is 0. The van der Waals surface area contributed by atoms with Gasteiger partial charge in [-0.05, 0) is 50.1 Å². The van der Waals surface area contributed by atoms with Gasteiger partial charge in [0.25, 0.3) is 5.91 Å². The molecular weight excluding hydrogens is 383 g/mol. The molecule has 1 aromatic heterocycles. The number of carbonyl (C=O) groups excluding carboxylic acids is 2. The van der Waals surface area contributed by atoms with Gasteiger partial charge in [-0.2, -0.15) is 0 Å². The zero-order valence-electron chi connectivity index (χ0n) is 16.7. The van der Waals surface area contributed by atoms with Crippen LogP contribution in [0.5, 0.6) is 0 Å². The number of urea groups is 1. The van der Waals surface area contributed by atoms with Crippen molar-refractivity contribution in [3.05, 3.63) is 71.7 Å². The minimum absolute atomic E-state index is 0.0107. The first-order valence-corrected chi connectivity index (χ1v) is 9.98. The summed E-state index contributed by atoms with van der Waals surface area (Å²) in [6, 6.07) is 15.2. The number of pyridine rings is 1. The minimum atomic E-state index is -0.348. The lowest BCUT2D eigenvalue weighted by Gasteiger charge is -2.32. The van der Waals surface area contributed by atoms with Crippen LogP contribution in [0.15, 0.2) is 54.6 Å². The molecule has 0 aliphatic carbocycles. The number of piperidine rings is 1. The summed E-state index contributed by atoms with van der Waals surface area (Å²) in [7, 11) is 0. The van der Waals surface area contributed by atoms with E-state index >= 15 is 0 Å². The van der Waals surface area contributed by atoms with Crippen molar-refractivity contribution in [2.45, 2.75) is 25.8 Å². The van der Waals surface area contributed by atoms with Gasteiger partial charge in [0, 0.05) is 36.3 Å². The molecule has 0 saturated carbocycles. The van der Waals surface area contributed by atoms with E-state index in [1.165, 1.54) is 12.1 Å². The van der Waals surface area contributed by atoms with E-state index in [0.29, 0.717) is 42.7 Å². The average molecular weight is 406 g/mol. The molecule has 0 atom stereocenters. The van der Waals surface area contributed by atoms with Crippen LogP contribution in [0, 0.1) is 12.7 Å². The molecule has 3 amide bonds. The summed E-state index contributed by atoms with van der Waals surface area (Å²) in [5.74, 6) is -0.433. The van der Waals surface area contributed by atoms with E-state index in [9.17, 15) is 14.0 Å². The number of hydrogen-bond donors (Lipinski definition) is 2. The number of hydrogen-bond acceptors (Lipinski definition) is 3. The number of benzene rings is 2. The molecule has 6 nitrogen and oxygen atoms in total. The van der Waals surface area contributed by atoms with Crippen molar-refractivity contribution in [1.29, 1.82) is 0 Å². The Kier molecular flexibility index (Phi) is 5.61. The summed E-state index contributed by atoms with van der Waals surface area (Å²) in [4.78, 5) is 31.4. The van der Waals surface area contributed by atoms with Crippen molar-refractivity contribution < 1.29 is 14.0 Å². The van der Waals surface area contributed by atoms with Crippen molar-refractivity contribution in [3.63, 3.8) is 0 Å². The molecule has 2 N–H and O–H groups in total. The number of likely N-dealkylation sites (tertiary alicyclic amines) is 1. The Morgan fingerprint density at radius 2 is 1.80 bits per heavy atom. The predicted molar refractivity (Wildman–Crippen MR) is 114 cm³/mol. The molecule has 2 aromatic carbocycles. The van der Waals surface area contributed by atoms with Gasteiger partial charge < -0.3 is 15.5 Å². The van der Waals surface area contributed by atoms with Crippen LogP contribution < -0.4 is 10.6 Å². The van der Waals surface area contributed by atoms with E-state index in [-0.39, 0.29) is 23.8 Å². The van der Waals surface area contributed by atoms with E-state index in [4.69, 9.17) is 0 Å². The maximum Gasteiger partial charge on any atom is 0.319 e. The molecule has 2 heterocycles. The highest BCUT2D eigenvalue weighted by Crippen LogP contribution is 2.21. The monoisotopic (exact) mass is 406 g/mol. The van der Waals surface area contributed by atoms with Gasteiger partial charge in [0.05, 0.1) is 16.8 Å². The van der Waals surface area contributed by atoms with Crippen molar-refractivity contribution in [3.8, 4) is 0 Å². The fraction of sp³-hybridized carbons (Fsp3) is 0.261. The van der Waals surface area contributed by atoms with Gasteiger partial charge in [-0.1, -0.05) is 18.2 Å². The molecule has 30 heavy (non-hydrogen) atoms. The molecule has 0 radical (unpaired) electrons. The third kappa shape index (κ3) is 4.40. The highest BCUT2D eigenvalue weighted by molar-refractivity contribution is 5.98. The van der Waals surface area contributed by atoms with E-state index in [0.717, 1.165) is 11.1 Å². The molecule has 154 valence electrons. The number of carbonyl (C=O) groups is 2. The molecular formula is C23H23FN4O2. The zero-order valence-corrected chi connectivity index (χ0v) is 16.7. The van der Waals surface area contributed by atoms with Crippen LogP contribution in [-0.2, 0) is 0 Å². The Morgan fingerprint density at radius 1 is 1.07 bits per heavy atom. The van der Waals surface area contributed by atoms with Crippen LogP contribution in [0.25, 0.3) is 10.9 Å². The maximum absolute atomic E-state index is 13.4. The molecule has 0 unspecified atom stereocenters. The highest BCUT2D eigenvalue weighted by Gasteiger charge is 2.26. The van der Waals surface area contributed by atoms with E-state index in [1.807, 2.05) is 30.3 Å². The minimum Gasteiger partial charge on any atom is -0.338 e. The van der Waals surface area contributed by atoms with Crippen molar-refractivity contribution in [2.24, 2.45) is 0 Å². The van der Waals surface area contributed by atoms with Gasteiger partial charge in [0.1, 0.15) is 5.82 Å². The topological polar surface area (TPSA) is 74.3 Å². The first kappa shape index (κ1) is 19.8. The Bertz CT molecular complexity index is 1080. The predicted octanol–water partition coefficient (Wildman–Crippen LogP) is 4.11. The zero-order chi connectivity index (χ0) is 21.1. The van der Waals surface area contributed by atoms with Gasteiger partial charge in [0.15, 0.2) is 0 Å². The van der Waals surface area contributed by atoms with Crippen molar-refractivity contribution in [2.75, 3.05) is 18.4 Å². The molecule has 4 rings (SSSR count). The van der Waals surface area contributed by atoms with Gasteiger partial charge in [-0.25, -0.2) is 9.18 Å². The molecule has 0 bridgehead atoms. The second kappa shape index (κ2) is 8.49. The number of aryl methyl sites for hydroxylation is 1. The Labute approximate surface area is 174 Å². The van der Waals surface area contributed by atoms with Gasteiger partial charge in [-0.3, -0.25) is 9.78 Å². The molecule has 3 aromatic rings. The number of amides is 3. The van der Waals surface area contributed by atoms with E-state index in [2.05, 4.69) is 15.6 Å². The van der Waals surface area contributed by atoms with E-state index < -0.39 is 0 Å². The Balaban J connectivity index is 1.36. The fourth-order valence-electron chi connectivity index (χ4n) is 3.72. The lowest BCUT2D eigenvalue weighted by molar-refractivity contribution is 0.0708. The lowest BCUT2D eigenvalue weighted by Crippen LogP contribution is -2.47. The van der Waals surface area contributed by atoms with Crippen LogP contribution in [-0.4, -0.2) is 41.0 Å². The van der Waals surface area contributed by atoms with Crippen LogP contribution in [0.1, 0.15) is 28.9 Å². The SMILES string of the molecule is Cc1nc2cc(F)ccc2cc1C(=O)N1CCC(NC(=O)Nc2ccccc2)CC1. The summed E-state index contributed by atoms with van der Waals surface area (Å²) < 4.78 is 13.4. The van der Waals surface area contributed by atoms with E-state index in [1.54, 1.807) is 24.0 Å². The summed E-state index contributed by atoms with van der Waals surface area (Å²) in [6.45, 7) is 2.87. The summed E-state index contributed by atoms with van der Waals surface area (Å²) in [6.07, 6.45) is 1.36. The summed E-state index contributed by atoms with van der Waals surface area (Å²) in [5.41, 5.74) is 2.39. The first-order chi connectivity index (χ1) is 14.5. The number of aromatic nitrogens is 1. The largest absolute Gasteiger partial charge is 0.338 e. The molecule has 7 heteroatoms. The summed E-state index contributed by atoms with van der Waals surface area (Å²) in [5, 5.41) is 6.52. The van der Waals surface area contributed by atoms with Crippen LogP contribution in [0.4, 0.5) is 14.9 Å². The second-order valence-electron chi connectivity index (χ2n) is 7.49. The first-order valence-electron chi connectivity index (χ1n) is 9.98. The second-order valence-corrected chi connectivity index (χ2v) is 7.49. The average Bonchev–Trinajstić information content (AvgIpc) is 2.74. The highest BCUT2D eigenvalue weighted by atomic mass is 19.1. The Morgan fingerprint density at radius 3 is 2.53 bits per heavy atom. The maximum atomic E-state index is 13.4. The third-order valence-corrected chi connectivity index (χ3v) is 5.35. The van der Waals surface area contributed by atoms with Crippen LogP contribution in [0.2, 0.25) is 0 Å². The number of nitrogens with one attached hydrogen (secondary N) is 2. The Hall–Kier alpha value is -3.48. The smallest absolute Gasteiger partial charge is 0.319 e. The molecule has 1 aliphatic heterocycles. The number of halogens is 1. The number of rotatable bonds is 3. The molecule has 0 spiro atoms. The van der Waals surface area contributed by atoms with Gasteiger partial charge >= 0.3 is 6.03 Å². The number of anilines is 1. The van der Waals surface area contributed by atoms with Crippen LogP contribution >= 0.6 is 0 Å².